The normalized spacial score (nSPS) is 18.6. The van der Waals surface area contributed by atoms with Gasteiger partial charge in [-0.2, -0.15) is 5.01 Å². The smallest absolute Gasteiger partial charge is 0.344 e. The summed E-state index contributed by atoms with van der Waals surface area (Å²) >= 11 is 1.35. The molecule has 1 unspecified atom stereocenters. The SMILES string of the molecule is COc1ccc(C2(C)NC(=O)N(NC(=O)CSc3ccc(C)cc3C)C2=O)cc1. The molecule has 1 saturated heterocycles. The van der Waals surface area contributed by atoms with Crippen LogP contribution in [0.2, 0.25) is 0 Å². The number of urea groups is 1. The Morgan fingerprint density at radius 2 is 1.86 bits per heavy atom. The summed E-state index contributed by atoms with van der Waals surface area (Å²) < 4.78 is 5.12. The minimum absolute atomic E-state index is 0.0835. The van der Waals surface area contributed by atoms with Crippen LogP contribution in [-0.2, 0) is 15.1 Å². The second kappa shape index (κ2) is 8.16. The number of hydrazine groups is 1. The fraction of sp³-hybridized carbons (Fsp3) is 0.286. The standard InChI is InChI=1S/C21H23N3O4S/c1-13-5-10-17(14(2)11-13)29-12-18(25)23-24-19(26)21(3,22-20(24)27)15-6-8-16(28-4)9-7-15/h5-11H,12H2,1-4H3,(H,22,27)(H,23,25). The summed E-state index contributed by atoms with van der Waals surface area (Å²) in [7, 11) is 1.55. The Labute approximate surface area is 173 Å². The van der Waals surface area contributed by atoms with Gasteiger partial charge in [0.15, 0.2) is 0 Å². The topological polar surface area (TPSA) is 87.7 Å². The first-order valence-electron chi connectivity index (χ1n) is 9.05. The van der Waals surface area contributed by atoms with E-state index < -0.39 is 23.4 Å². The van der Waals surface area contributed by atoms with E-state index in [2.05, 4.69) is 10.7 Å². The third kappa shape index (κ3) is 4.22. The van der Waals surface area contributed by atoms with Crippen LogP contribution < -0.4 is 15.5 Å². The number of aryl methyl sites for hydroxylation is 2. The van der Waals surface area contributed by atoms with E-state index in [-0.39, 0.29) is 5.75 Å². The molecule has 2 aromatic rings. The highest BCUT2D eigenvalue weighted by atomic mass is 32.2. The first-order valence-corrected chi connectivity index (χ1v) is 10.0. The lowest BCUT2D eigenvalue weighted by Gasteiger charge is -2.22. The van der Waals surface area contributed by atoms with E-state index >= 15 is 0 Å². The number of benzene rings is 2. The van der Waals surface area contributed by atoms with Crippen molar-refractivity contribution >= 4 is 29.6 Å². The molecular weight excluding hydrogens is 390 g/mol. The van der Waals surface area contributed by atoms with E-state index in [1.54, 1.807) is 38.3 Å². The molecular formula is C21H23N3O4S. The van der Waals surface area contributed by atoms with Crippen LogP contribution in [0.25, 0.3) is 0 Å². The zero-order valence-electron chi connectivity index (χ0n) is 16.7. The molecule has 29 heavy (non-hydrogen) atoms. The Hall–Kier alpha value is -3.00. The predicted molar refractivity (Wildman–Crippen MR) is 111 cm³/mol. The number of rotatable bonds is 6. The monoisotopic (exact) mass is 413 g/mol. The summed E-state index contributed by atoms with van der Waals surface area (Å²) in [6.07, 6.45) is 0. The number of carbonyl (C=O) groups excluding carboxylic acids is 3. The fourth-order valence-corrected chi connectivity index (χ4v) is 3.92. The van der Waals surface area contributed by atoms with E-state index in [9.17, 15) is 14.4 Å². The van der Waals surface area contributed by atoms with Crippen molar-refractivity contribution in [2.75, 3.05) is 12.9 Å². The van der Waals surface area contributed by atoms with Gasteiger partial charge in [0.05, 0.1) is 12.9 Å². The number of hydrogen-bond acceptors (Lipinski definition) is 5. The maximum Gasteiger partial charge on any atom is 0.344 e. The van der Waals surface area contributed by atoms with Crippen LogP contribution in [0.15, 0.2) is 47.4 Å². The van der Waals surface area contributed by atoms with Crippen LogP contribution >= 0.6 is 11.8 Å². The van der Waals surface area contributed by atoms with Crippen molar-refractivity contribution < 1.29 is 19.1 Å². The second-order valence-electron chi connectivity index (χ2n) is 7.02. The lowest BCUT2D eigenvalue weighted by molar-refractivity contribution is -0.138. The molecule has 2 aromatic carbocycles. The molecule has 1 aliphatic rings. The molecule has 152 valence electrons. The van der Waals surface area contributed by atoms with Crippen LogP contribution in [0.3, 0.4) is 0 Å². The van der Waals surface area contributed by atoms with E-state index in [0.717, 1.165) is 21.0 Å². The van der Waals surface area contributed by atoms with Gasteiger partial charge in [0.25, 0.3) is 5.91 Å². The Balaban J connectivity index is 1.66. The molecule has 1 heterocycles. The van der Waals surface area contributed by atoms with Gasteiger partial charge in [0.1, 0.15) is 11.3 Å². The average Bonchev–Trinajstić information content (AvgIpc) is 2.91. The molecule has 0 spiro atoms. The van der Waals surface area contributed by atoms with Crippen molar-refractivity contribution in [2.24, 2.45) is 0 Å². The number of amides is 4. The maximum absolute atomic E-state index is 12.9. The maximum atomic E-state index is 12.9. The molecule has 1 fully saturated rings. The molecule has 8 heteroatoms. The zero-order chi connectivity index (χ0) is 21.2. The number of methoxy groups -OCH3 is 1. The second-order valence-corrected chi connectivity index (χ2v) is 8.03. The van der Waals surface area contributed by atoms with E-state index in [1.807, 2.05) is 32.0 Å². The van der Waals surface area contributed by atoms with Gasteiger partial charge in [-0.25, -0.2) is 4.79 Å². The minimum Gasteiger partial charge on any atom is -0.497 e. The van der Waals surface area contributed by atoms with Crippen LogP contribution in [-0.4, -0.2) is 35.7 Å². The van der Waals surface area contributed by atoms with E-state index in [0.29, 0.717) is 11.3 Å². The Kier molecular flexibility index (Phi) is 5.83. The molecule has 0 bridgehead atoms. The van der Waals surface area contributed by atoms with Crippen molar-refractivity contribution in [1.29, 1.82) is 0 Å². The molecule has 2 N–H and O–H groups in total. The minimum atomic E-state index is -1.27. The van der Waals surface area contributed by atoms with Gasteiger partial charge in [-0.15, -0.1) is 11.8 Å². The largest absolute Gasteiger partial charge is 0.497 e. The number of nitrogens with one attached hydrogen (secondary N) is 2. The lowest BCUT2D eigenvalue weighted by Crippen LogP contribution is -2.48. The number of carbonyl (C=O) groups is 3. The molecule has 0 saturated carbocycles. The number of nitrogens with zero attached hydrogens (tertiary/aromatic N) is 1. The van der Waals surface area contributed by atoms with Gasteiger partial charge in [0, 0.05) is 4.90 Å². The summed E-state index contributed by atoms with van der Waals surface area (Å²) in [4.78, 5) is 38.6. The van der Waals surface area contributed by atoms with E-state index in [1.165, 1.54) is 11.8 Å². The molecule has 3 rings (SSSR count). The summed E-state index contributed by atoms with van der Waals surface area (Å²) in [6, 6.07) is 12.1. The molecule has 4 amide bonds. The summed E-state index contributed by atoms with van der Waals surface area (Å²) in [5.41, 5.74) is 3.96. The van der Waals surface area contributed by atoms with Gasteiger partial charge in [-0.3, -0.25) is 15.0 Å². The van der Waals surface area contributed by atoms with Crippen LogP contribution in [0.4, 0.5) is 4.79 Å². The van der Waals surface area contributed by atoms with Crippen molar-refractivity contribution in [2.45, 2.75) is 31.2 Å². The van der Waals surface area contributed by atoms with Crippen LogP contribution in [0.1, 0.15) is 23.6 Å². The van der Waals surface area contributed by atoms with E-state index in [4.69, 9.17) is 4.74 Å². The number of hydrogen-bond donors (Lipinski definition) is 2. The van der Waals surface area contributed by atoms with Gasteiger partial charge in [0.2, 0.25) is 5.91 Å². The third-order valence-electron chi connectivity index (χ3n) is 4.78. The summed E-state index contributed by atoms with van der Waals surface area (Å²) in [5.74, 6) is -0.252. The molecule has 7 nitrogen and oxygen atoms in total. The quantitative estimate of drug-likeness (QED) is 0.562. The number of ether oxygens (including phenoxy) is 1. The van der Waals surface area contributed by atoms with Crippen molar-refractivity contribution in [3.05, 3.63) is 59.2 Å². The Morgan fingerprint density at radius 1 is 1.17 bits per heavy atom. The highest BCUT2D eigenvalue weighted by Crippen LogP contribution is 2.29. The van der Waals surface area contributed by atoms with Gasteiger partial charge in [-0.1, -0.05) is 29.8 Å². The van der Waals surface area contributed by atoms with Gasteiger partial charge in [-0.05, 0) is 50.1 Å². The first-order chi connectivity index (χ1) is 13.7. The summed E-state index contributed by atoms with van der Waals surface area (Å²) in [5, 5.41) is 3.40. The van der Waals surface area contributed by atoms with Crippen molar-refractivity contribution in [3.63, 3.8) is 0 Å². The van der Waals surface area contributed by atoms with Gasteiger partial charge < -0.3 is 10.1 Å². The molecule has 0 aliphatic carbocycles. The average molecular weight is 413 g/mol. The molecule has 1 atom stereocenters. The van der Waals surface area contributed by atoms with Gasteiger partial charge >= 0.3 is 6.03 Å². The lowest BCUT2D eigenvalue weighted by atomic mass is 9.92. The zero-order valence-corrected chi connectivity index (χ0v) is 17.6. The molecule has 1 aliphatic heterocycles. The van der Waals surface area contributed by atoms with Crippen molar-refractivity contribution in [1.82, 2.24) is 15.8 Å². The number of thioether (sulfide) groups is 1. The first kappa shape index (κ1) is 20.7. The summed E-state index contributed by atoms with van der Waals surface area (Å²) in [6.45, 7) is 5.59. The highest BCUT2D eigenvalue weighted by molar-refractivity contribution is 8.00. The number of imide groups is 1. The molecule has 0 radical (unpaired) electrons. The fourth-order valence-electron chi connectivity index (χ4n) is 3.12. The van der Waals surface area contributed by atoms with Crippen LogP contribution in [0, 0.1) is 13.8 Å². The van der Waals surface area contributed by atoms with Crippen LogP contribution in [0.5, 0.6) is 5.75 Å². The Morgan fingerprint density at radius 3 is 2.48 bits per heavy atom. The Bertz CT molecular complexity index is 961. The third-order valence-corrected chi connectivity index (χ3v) is 5.96. The van der Waals surface area contributed by atoms with Crippen molar-refractivity contribution in [3.8, 4) is 5.75 Å². The predicted octanol–water partition coefficient (Wildman–Crippen LogP) is 2.90. The molecule has 0 aromatic heterocycles. The highest BCUT2D eigenvalue weighted by Gasteiger charge is 2.50.